The predicted octanol–water partition coefficient (Wildman–Crippen LogP) is 4.23. The summed E-state index contributed by atoms with van der Waals surface area (Å²) < 4.78 is 17.3. The van der Waals surface area contributed by atoms with Gasteiger partial charge in [0.05, 0.1) is 13.3 Å². The Balaban J connectivity index is 1.83. The molecule has 0 spiro atoms. The lowest BCUT2D eigenvalue weighted by Gasteiger charge is -2.06. The highest BCUT2D eigenvalue weighted by molar-refractivity contribution is 6.04. The monoisotopic (exact) mass is 298 g/mol. The lowest BCUT2D eigenvalue weighted by Crippen LogP contribution is -1.98. The molecular weight excluding hydrogens is 280 g/mol. The molecule has 22 heavy (non-hydrogen) atoms. The Kier molecular flexibility index (Phi) is 6.18. The zero-order valence-corrected chi connectivity index (χ0v) is 12.2. The summed E-state index contributed by atoms with van der Waals surface area (Å²) in [5.74, 6) is 0.641. The third kappa shape index (κ3) is 5.05. The summed E-state index contributed by atoms with van der Waals surface area (Å²) in [5, 5.41) is 3.02. The number of ketones is 1. The van der Waals surface area contributed by atoms with Gasteiger partial charge in [-0.05, 0) is 24.3 Å². The molecule has 0 aliphatic carbocycles. The number of carbonyl (C=O) groups excluding carboxylic acids is 1. The maximum atomic E-state index is 12.0. The van der Waals surface area contributed by atoms with E-state index in [0.717, 1.165) is 5.69 Å². The van der Waals surface area contributed by atoms with Crippen LogP contribution in [0.5, 0.6) is 5.75 Å². The lowest BCUT2D eigenvalue weighted by molar-refractivity contribution is 0.104. The van der Waals surface area contributed by atoms with Crippen LogP contribution in [0.3, 0.4) is 0 Å². The first kappa shape index (κ1) is 15.8. The van der Waals surface area contributed by atoms with Gasteiger partial charge < -0.3 is 10.1 Å². The number of rotatable bonds is 8. The van der Waals surface area contributed by atoms with E-state index in [1.165, 1.54) is 6.08 Å². The van der Waals surface area contributed by atoms with E-state index in [9.17, 15) is 9.18 Å². The van der Waals surface area contributed by atoms with E-state index in [1.807, 2.05) is 30.3 Å². The van der Waals surface area contributed by atoms with Crippen LogP contribution in [0, 0.1) is 0 Å². The van der Waals surface area contributed by atoms with E-state index in [-0.39, 0.29) is 12.5 Å². The molecule has 4 heteroatoms. The Hall–Kier alpha value is -2.62. The Morgan fingerprint density at radius 2 is 1.82 bits per heavy atom. The van der Waals surface area contributed by atoms with Gasteiger partial charge in [-0.1, -0.05) is 30.3 Å². The molecule has 0 aliphatic heterocycles. The number of hydrogen-bond acceptors (Lipinski definition) is 3. The maximum Gasteiger partial charge on any atom is 0.187 e. The number of ether oxygens (including phenoxy) is 1. The van der Waals surface area contributed by atoms with Gasteiger partial charge in [0.15, 0.2) is 5.78 Å². The van der Waals surface area contributed by atoms with E-state index in [1.54, 1.807) is 30.5 Å². The number of nitrogens with one attached hydrogen (secondary N) is 1. The van der Waals surface area contributed by atoms with Crippen LogP contribution < -0.4 is 10.1 Å². The number of allylic oxidation sites excluding steroid dienone is 1. The van der Waals surface area contributed by atoms with Gasteiger partial charge in [-0.2, -0.15) is 0 Å². The molecule has 0 saturated carbocycles. The fraction of sp³-hybridized carbons (Fsp3) is 0.167. The van der Waals surface area contributed by atoms with Crippen LogP contribution in [0.1, 0.15) is 16.8 Å². The van der Waals surface area contributed by atoms with Gasteiger partial charge in [-0.3, -0.25) is 9.18 Å². The molecule has 0 aliphatic rings. The Labute approximate surface area is 129 Å². The third-order valence-electron chi connectivity index (χ3n) is 2.94. The fourth-order valence-corrected chi connectivity index (χ4v) is 1.80. The molecule has 0 aromatic heterocycles. The molecule has 0 atom stereocenters. The molecule has 0 fully saturated rings. The second kappa shape index (κ2) is 8.62. The van der Waals surface area contributed by atoms with Gasteiger partial charge in [0.25, 0.3) is 0 Å². The van der Waals surface area contributed by atoms with Crippen molar-refractivity contribution in [1.29, 1.82) is 0 Å². The number of benzene rings is 2. The van der Waals surface area contributed by atoms with Crippen molar-refractivity contribution in [3.8, 4) is 5.75 Å². The number of hydrogen-bond donors (Lipinski definition) is 1. The summed E-state index contributed by atoms with van der Waals surface area (Å²) in [4.78, 5) is 11.9. The number of alkyl halides is 1. The third-order valence-corrected chi connectivity index (χ3v) is 2.94. The molecule has 114 valence electrons. The van der Waals surface area contributed by atoms with Crippen molar-refractivity contribution < 1.29 is 13.9 Å². The molecule has 0 unspecified atom stereocenters. The van der Waals surface area contributed by atoms with Gasteiger partial charge in [0.2, 0.25) is 0 Å². The molecule has 2 rings (SSSR count). The normalized spacial score (nSPS) is 10.6. The van der Waals surface area contributed by atoms with Crippen molar-refractivity contribution in [1.82, 2.24) is 0 Å². The molecule has 2 aromatic carbocycles. The molecule has 2 aromatic rings. The zero-order valence-electron chi connectivity index (χ0n) is 12.2. The standard InChI is InChI=1S/C18H18FNO2/c19-12-4-14-22-17-9-7-16(8-10-17)20-13-11-18(21)15-5-2-1-3-6-15/h1-3,5-11,13,20H,4,12,14H2/b13-11-/i19-1. The number of halogens is 1. The highest BCUT2D eigenvalue weighted by Crippen LogP contribution is 2.16. The predicted molar refractivity (Wildman–Crippen MR) is 86.1 cm³/mol. The summed E-state index contributed by atoms with van der Waals surface area (Å²) in [5.41, 5.74) is 1.49. The minimum absolute atomic E-state index is 0.0562. The summed E-state index contributed by atoms with van der Waals surface area (Å²) in [6, 6.07) is 16.3. The van der Waals surface area contributed by atoms with E-state index < -0.39 is 0 Å². The van der Waals surface area contributed by atoms with Gasteiger partial charge in [0.1, 0.15) is 5.75 Å². The topological polar surface area (TPSA) is 38.3 Å². The summed E-state index contributed by atoms with van der Waals surface area (Å²) >= 11 is 0. The van der Waals surface area contributed by atoms with Gasteiger partial charge in [-0.25, -0.2) is 0 Å². The molecule has 0 heterocycles. The molecule has 1 N–H and O–H groups in total. The second-order valence-electron chi connectivity index (χ2n) is 4.62. The van der Waals surface area contributed by atoms with E-state index >= 15 is 0 Å². The molecular formula is C18H18FNO2. The van der Waals surface area contributed by atoms with Gasteiger partial charge in [0, 0.05) is 29.9 Å². The lowest BCUT2D eigenvalue weighted by atomic mass is 10.1. The van der Waals surface area contributed by atoms with Crippen molar-refractivity contribution in [2.24, 2.45) is 0 Å². The molecule has 0 amide bonds. The summed E-state index contributed by atoms with van der Waals surface area (Å²) in [6.45, 7) is -0.00533. The second-order valence-corrected chi connectivity index (χ2v) is 4.62. The largest absolute Gasteiger partial charge is 0.493 e. The van der Waals surface area contributed by atoms with Crippen LogP contribution >= 0.6 is 0 Å². The van der Waals surface area contributed by atoms with Crippen LogP contribution in [0.15, 0.2) is 66.9 Å². The Morgan fingerprint density at radius 3 is 2.50 bits per heavy atom. The number of carbonyl (C=O) groups is 1. The van der Waals surface area contributed by atoms with Crippen LogP contribution in [-0.4, -0.2) is 19.1 Å². The highest BCUT2D eigenvalue weighted by Gasteiger charge is 1.99. The molecule has 0 saturated heterocycles. The van der Waals surface area contributed by atoms with Crippen molar-refractivity contribution in [2.45, 2.75) is 6.42 Å². The zero-order chi connectivity index (χ0) is 15.6. The Bertz CT molecular complexity index is 609. The first-order chi connectivity index (χ1) is 10.8. The van der Waals surface area contributed by atoms with Crippen LogP contribution in [0.25, 0.3) is 0 Å². The first-order valence-electron chi connectivity index (χ1n) is 7.11. The van der Waals surface area contributed by atoms with Crippen molar-refractivity contribution in [3.05, 3.63) is 72.4 Å². The van der Waals surface area contributed by atoms with Crippen LogP contribution in [0.2, 0.25) is 0 Å². The minimum Gasteiger partial charge on any atom is -0.493 e. The molecule has 3 nitrogen and oxygen atoms in total. The number of anilines is 1. The van der Waals surface area contributed by atoms with Gasteiger partial charge >= 0.3 is 0 Å². The summed E-state index contributed by atoms with van der Waals surface area (Å²) in [7, 11) is 0. The SMILES string of the molecule is O=C(/C=C\Nc1ccc(OCCC[18F])cc1)c1ccccc1. The van der Waals surface area contributed by atoms with Crippen molar-refractivity contribution >= 4 is 11.5 Å². The average molecular weight is 298 g/mol. The first-order valence-corrected chi connectivity index (χ1v) is 7.11. The Morgan fingerprint density at radius 1 is 1.09 bits per heavy atom. The van der Waals surface area contributed by atoms with Crippen LogP contribution in [0.4, 0.5) is 10.1 Å². The smallest absolute Gasteiger partial charge is 0.187 e. The van der Waals surface area contributed by atoms with Crippen molar-refractivity contribution in [2.75, 3.05) is 18.6 Å². The van der Waals surface area contributed by atoms with E-state index in [4.69, 9.17) is 4.74 Å². The fourth-order valence-electron chi connectivity index (χ4n) is 1.80. The van der Waals surface area contributed by atoms with E-state index in [0.29, 0.717) is 24.3 Å². The average Bonchev–Trinajstić information content (AvgIpc) is 2.57. The maximum absolute atomic E-state index is 12.0. The van der Waals surface area contributed by atoms with E-state index in [2.05, 4.69) is 5.32 Å². The minimum atomic E-state index is -0.375. The highest BCUT2D eigenvalue weighted by atomic mass is 18.2. The summed E-state index contributed by atoms with van der Waals surface area (Å²) in [6.07, 6.45) is 3.49. The molecule has 0 radical (unpaired) electrons. The van der Waals surface area contributed by atoms with Crippen molar-refractivity contribution in [3.63, 3.8) is 0 Å². The quantitative estimate of drug-likeness (QED) is 0.450. The molecule has 0 bridgehead atoms. The van der Waals surface area contributed by atoms with Crippen LogP contribution in [-0.2, 0) is 0 Å². The van der Waals surface area contributed by atoms with Gasteiger partial charge in [-0.15, -0.1) is 0 Å².